The average molecular weight is 365 g/mol. The third-order valence-electron chi connectivity index (χ3n) is 4.14. The summed E-state index contributed by atoms with van der Waals surface area (Å²) in [7, 11) is 0. The first-order chi connectivity index (χ1) is 11.7. The van der Waals surface area contributed by atoms with Crippen LogP contribution in [0.1, 0.15) is 31.9 Å². The third kappa shape index (κ3) is 2.59. The number of hydrogen-bond acceptors (Lipinski definition) is 5. The summed E-state index contributed by atoms with van der Waals surface area (Å²) in [4.78, 5) is 29.1. The smallest absolute Gasteiger partial charge is 0.410 e. The summed E-state index contributed by atoms with van der Waals surface area (Å²) in [5.74, 6) is 0.958. The molecule has 0 aliphatic carbocycles. The van der Waals surface area contributed by atoms with Crippen LogP contribution in [-0.2, 0) is 17.8 Å². The molecule has 4 rings (SSSR count). The number of rotatable bonds is 0. The van der Waals surface area contributed by atoms with Crippen molar-refractivity contribution in [3.8, 4) is 11.5 Å². The largest absolute Gasteiger partial charge is 0.453 e. The molecule has 0 atom stereocenters. The zero-order chi connectivity index (χ0) is 17.9. The Morgan fingerprint density at radius 1 is 1.24 bits per heavy atom. The molecule has 7 nitrogen and oxygen atoms in total. The minimum atomic E-state index is -0.605. The van der Waals surface area contributed by atoms with Crippen LogP contribution in [0.25, 0.3) is 10.9 Å². The number of H-pyrrole nitrogens is 1. The lowest BCUT2D eigenvalue weighted by Gasteiger charge is -2.24. The van der Waals surface area contributed by atoms with Crippen molar-refractivity contribution in [3.63, 3.8) is 0 Å². The molecular formula is C17H17ClN2O5. The van der Waals surface area contributed by atoms with E-state index in [1.165, 1.54) is 4.90 Å². The van der Waals surface area contributed by atoms with Crippen molar-refractivity contribution in [2.45, 2.75) is 39.5 Å². The molecule has 8 heteroatoms. The van der Waals surface area contributed by atoms with Crippen molar-refractivity contribution in [2.75, 3.05) is 6.79 Å². The fraction of sp³-hybridized carbons (Fsp3) is 0.412. The van der Waals surface area contributed by atoms with Gasteiger partial charge in [-0.05, 0) is 32.4 Å². The van der Waals surface area contributed by atoms with E-state index in [2.05, 4.69) is 4.98 Å². The van der Waals surface area contributed by atoms with Crippen LogP contribution >= 0.6 is 11.6 Å². The summed E-state index contributed by atoms with van der Waals surface area (Å²) >= 11 is 6.19. The molecule has 1 amide bonds. The van der Waals surface area contributed by atoms with E-state index in [0.29, 0.717) is 27.6 Å². The molecule has 0 spiro atoms. The second-order valence-corrected chi connectivity index (χ2v) is 7.50. The minimum absolute atomic E-state index is 0.0673. The number of halogens is 1. The molecule has 132 valence electrons. The number of benzene rings is 1. The molecule has 2 aromatic rings. The SMILES string of the molecule is CC(C)(C)OC(=O)N1Cc2c(c3c4c(c(Cl)cc3[nH]c2=O)OCO4)C1. The van der Waals surface area contributed by atoms with Crippen LogP contribution in [0, 0.1) is 0 Å². The third-order valence-corrected chi connectivity index (χ3v) is 4.42. The van der Waals surface area contributed by atoms with Gasteiger partial charge < -0.3 is 19.2 Å². The van der Waals surface area contributed by atoms with E-state index in [4.69, 9.17) is 25.8 Å². The van der Waals surface area contributed by atoms with Crippen molar-refractivity contribution in [1.82, 2.24) is 9.88 Å². The number of amides is 1. The van der Waals surface area contributed by atoms with E-state index >= 15 is 0 Å². The van der Waals surface area contributed by atoms with Gasteiger partial charge in [0.15, 0.2) is 11.5 Å². The van der Waals surface area contributed by atoms with Crippen molar-refractivity contribution in [1.29, 1.82) is 0 Å². The maximum absolute atomic E-state index is 12.4. The van der Waals surface area contributed by atoms with Gasteiger partial charge in [0.25, 0.3) is 5.56 Å². The Balaban J connectivity index is 1.82. The van der Waals surface area contributed by atoms with Gasteiger partial charge in [-0.15, -0.1) is 0 Å². The normalized spacial score (nSPS) is 15.6. The highest BCUT2D eigenvalue weighted by Crippen LogP contribution is 2.46. The van der Waals surface area contributed by atoms with E-state index in [-0.39, 0.29) is 25.4 Å². The topological polar surface area (TPSA) is 80.9 Å². The second kappa shape index (κ2) is 5.29. The summed E-state index contributed by atoms with van der Waals surface area (Å²) in [6.45, 7) is 5.93. The highest BCUT2D eigenvalue weighted by atomic mass is 35.5. The monoisotopic (exact) mass is 364 g/mol. The molecule has 2 aliphatic rings. The number of carbonyl (C=O) groups is 1. The van der Waals surface area contributed by atoms with E-state index < -0.39 is 11.7 Å². The molecule has 0 unspecified atom stereocenters. The fourth-order valence-electron chi connectivity index (χ4n) is 3.15. The van der Waals surface area contributed by atoms with Crippen molar-refractivity contribution in [2.24, 2.45) is 0 Å². The quantitative estimate of drug-likeness (QED) is 0.776. The molecule has 25 heavy (non-hydrogen) atoms. The number of nitrogens with one attached hydrogen (secondary N) is 1. The molecule has 0 saturated heterocycles. The van der Waals surface area contributed by atoms with Crippen molar-refractivity contribution < 1.29 is 19.0 Å². The first kappa shape index (κ1) is 16.1. The first-order valence-corrected chi connectivity index (χ1v) is 8.26. The summed E-state index contributed by atoms with van der Waals surface area (Å²) < 4.78 is 16.4. The summed E-state index contributed by atoms with van der Waals surface area (Å²) in [6.07, 6.45) is -0.459. The zero-order valence-corrected chi connectivity index (χ0v) is 14.8. The van der Waals surface area contributed by atoms with Crippen LogP contribution < -0.4 is 15.0 Å². The van der Waals surface area contributed by atoms with Crippen molar-refractivity contribution >= 4 is 28.6 Å². The number of fused-ring (bicyclic) bond motifs is 5. The predicted molar refractivity (Wildman–Crippen MR) is 91.2 cm³/mol. The second-order valence-electron chi connectivity index (χ2n) is 7.09. The maximum Gasteiger partial charge on any atom is 0.410 e. The summed E-state index contributed by atoms with van der Waals surface area (Å²) in [5, 5.41) is 1.09. The average Bonchev–Trinajstić information content (AvgIpc) is 3.12. The van der Waals surface area contributed by atoms with Gasteiger partial charge in [0.2, 0.25) is 6.79 Å². The molecule has 0 fully saturated rings. The lowest BCUT2D eigenvalue weighted by molar-refractivity contribution is 0.0242. The minimum Gasteiger partial charge on any atom is -0.453 e. The number of pyridine rings is 1. The van der Waals surface area contributed by atoms with E-state index in [1.807, 2.05) is 0 Å². The molecule has 1 aromatic carbocycles. The Morgan fingerprint density at radius 2 is 1.92 bits per heavy atom. The standard InChI is InChI=1S/C17H17ClN2O5/c1-17(2,3)25-16(22)20-5-8-9(6-20)15(21)19-11-4-10(18)13-14(12(8)11)24-7-23-13/h4H,5-7H2,1-3H3,(H,19,21). The predicted octanol–water partition coefficient (Wildman–Crippen LogP) is 3.16. The van der Waals surface area contributed by atoms with E-state index in [0.717, 1.165) is 10.9 Å². The maximum atomic E-state index is 12.4. The highest BCUT2D eigenvalue weighted by molar-refractivity contribution is 6.33. The van der Waals surface area contributed by atoms with Gasteiger partial charge in [0, 0.05) is 10.9 Å². The number of ether oxygens (including phenoxy) is 3. The number of hydrogen-bond donors (Lipinski definition) is 1. The van der Waals surface area contributed by atoms with Gasteiger partial charge in [0.1, 0.15) is 5.60 Å². The Hall–Kier alpha value is -2.41. The van der Waals surface area contributed by atoms with Crippen LogP contribution in [0.5, 0.6) is 11.5 Å². The molecule has 3 heterocycles. The van der Waals surface area contributed by atoms with Crippen LogP contribution in [-0.4, -0.2) is 28.4 Å². The van der Waals surface area contributed by atoms with Gasteiger partial charge in [-0.3, -0.25) is 9.69 Å². The van der Waals surface area contributed by atoms with Gasteiger partial charge in [-0.1, -0.05) is 11.6 Å². The fourth-order valence-corrected chi connectivity index (χ4v) is 3.40. The molecule has 2 aliphatic heterocycles. The van der Waals surface area contributed by atoms with Crippen LogP contribution in [0.4, 0.5) is 4.79 Å². The summed E-state index contributed by atoms with van der Waals surface area (Å²) in [5.41, 5.74) is 0.973. The number of carbonyl (C=O) groups excluding carboxylic acids is 1. The number of aromatic nitrogens is 1. The Morgan fingerprint density at radius 3 is 2.64 bits per heavy atom. The van der Waals surface area contributed by atoms with Crippen LogP contribution in [0.3, 0.4) is 0 Å². The molecular weight excluding hydrogens is 348 g/mol. The number of aromatic amines is 1. The highest BCUT2D eigenvalue weighted by Gasteiger charge is 2.33. The zero-order valence-electron chi connectivity index (χ0n) is 14.1. The van der Waals surface area contributed by atoms with Crippen LogP contribution in [0.2, 0.25) is 5.02 Å². The lowest BCUT2D eigenvalue weighted by Crippen LogP contribution is -2.33. The summed E-state index contributed by atoms with van der Waals surface area (Å²) in [6, 6.07) is 1.64. The number of nitrogens with zero attached hydrogens (tertiary/aromatic N) is 1. The van der Waals surface area contributed by atoms with Crippen LogP contribution in [0.15, 0.2) is 10.9 Å². The van der Waals surface area contributed by atoms with Gasteiger partial charge >= 0.3 is 6.09 Å². The van der Waals surface area contributed by atoms with Gasteiger partial charge in [-0.2, -0.15) is 0 Å². The molecule has 1 aromatic heterocycles. The van der Waals surface area contributed by atoms with E-state index in [1.54, 1.807) is 26.8 Å². The Labute approximate surface area is 148 Å². The molecule has 0 radical (unpaired) electrons. The van der Waals surface area contributed by atoms with E-state index in [9.17, 15) is 9.59 Å². The molecule has 0 bridgehead atoms. The van der Waals surface area contributed by atoms with Gasteiger partial charge in [0.05, 0.1) is 23.6 Å². The van der Waals surface area contributed by atoms with Crippen molar-refractivity contribution in [3.05, 3.63) is 32.6 Å². The molecule has 0 saturated carbocycles. The Bertz CT molecular complexity index is 960. The first-order valence-electron chi connectivity index (χ1n) is 7.88. The molecule has 1 N–H and O–H groups in total. The Kier molecular flexibility index (Phi) is 3.40. The lowest BCUT2D eigenvalue weighted by atomic mass is 10.0. The van der Waals surface area contributed by atoms with Gasteiger partial charge in [-0.25, -0.2) is 4.79 Å².